The first-order chi connectivity index (χ1) is 12.8. The Morgan fingerprint density at radius 1 is 1.19 bits per heavy atom. The van der Waals surface area contributed by atoms with Gasteiger partial charge in [-0.1, -0.05) is 18.7 Å². The highest BCUT2D eigenvalue weighted by Crippen LogP contribution is 2.18. The first-order valence-electron chi connectivity index (χ1n) is 8.71. The molecule has 142 valence electrons. The molecule has 0 N–H and O–H groups in total. The van der Waals surface area contributed by atoms with Crippen LogP contribution in [0.5, 0.6) is 0 Å². The van der Waals surface area contributed by atoms with Crippen LogP contribution in [0, 0.1) is 10.1 Å². The Morgan fingerprint density at radius 3 is 2.26 bits per heavy atom. The van der Waals surface area contributed by atoms with Crippen LogP contribution in [0.1, 0.15) is 49.4 Å². The molecule has 1 amide bonds. The quantitative estimate of drug-likeness (QED) is 0.538. The third kappa shape index (κ3) is 4.49. The summed E-state index contributed by atoms with van der Waals surface area (Å²) in [4.78, 5) is 29.0. The number of nitro groups is 1. The summed E-state index contributed by atoms with van der Waals surface area (Å²) in [6, 6.07) is 7.46. The van der Waals surface area contributed by atoms with Crippen molar-refractivity contribution in [1.29, 1.82) is 0 Å². The van der Waals surface area contributed by atoms with Crippen molar-refractivity contribution >= 4 is 30.1 Å². The molecule has 0 spiro atoms. The second-order valence-corrected chi connectivity index (χ2v) is 6.64. The minimum Gasteiger partial charge on any atom is -0.358 e. The zero-order chi connectivity index (χ0) is 20.1. The second-order valence-electron chi connectivity index (χ2n) is 6.64. The molecule has 0 aliphatic carbocycles. The monoisotopic (exact) mass is 368 g/mol. The predicted molar refractivity (Wildman–Crippen MR) is 107 cm³/mol. The van der Waals surface area contributed by atoms with E-state index in [9.17, 15) is 14.9 Å². The Kier molecular flexibility index (Phi) is 6.28. The second kappa shape index (κ2) is 8.44. The molecule has 0 unspecified atom stereocenters. The lowest BCUT2D eigenvalue weighted by atomic mass is 10.1. The molecular weight excluding hydrogens is 344 g/mol. The van der Waals surface area contributed by atoms with E-state index in [-0.39, 0.29) is 23.8 Å². The van der Waals surface area contributed by atoms with E-state index in [2.05, 4.69) is 11.6 Å². The smallest absolute Gasteiger partial charge is 0.347 e. The summed E-state index contributed by atoms with van der Waals surface area (Å²) < 4.78 is 1.30. The van der Waals surface area contributed by atoms with Crippen LogP contribution in [-0.4, -0.2) is 37.4 Å². The van der Waals surface area contributed by atoms with Gasteiger partial charge in [-0.15, -0.1) is 0 Å². The molecule has 1 heterocycles. The lowest BCUT2D eigenvalue weighted by Gasteiger charge is -2.30. The van der Waals surface area contributed by atoms with Gasteiger partial charge in [0.2, 0.25) is 5.82 Å². The number of carbonyl (C=O) groups excluding carboxylic acids is 1. The minimum atomic E-state index is -0.512. The van der Waals surface area contributed by atoms with Crippen molar-refractivity contribution < 1.29 is 9.72 Å². The van der Waals surface area contributed by atoms with Gasteiger partial charge in [-0.3, -0.25) is 4.79 Å². The molecule has 0 aliphatic rings. The van der Waals surface area contributed by atoms with Crippen molar-refractivity contribution in [2.45, 2.75) is 39.8 Å². The summed E-state index contributed by atoms with van der Waals surface area (Å²) in [5.74, 6) is 0.254. The van der Waals surface area contributed by atoms with Crippen LogP contribution in [0.3, 0.4) is 0 Å². The average Bonchev–Trinajstić information content (AvgIpc) is 3.02. The molecule has 0 atom stereocenters. The van der Waals surface area contributed by atoms with E-state index in [4.69, 9.17) is 0 Å². The molecule has 7 heteroatoms. The Bertz CT molecular complexity index is 856. The van der Waals surface area contributed by atoms with Crippen molar-refractivity contribution in [3.05, 3.63) is 64.1 Å². The van der Waals surface area contributed by atoms with E-state index in [0.717, 1.165) is 5.56 Å². The molecule has 0 fully saturated rings. The number of hydrogen-bond acceptors (Lipinski definition) is 4. The maximum Gasteiger partial charge on any atom is 0.347 e. The van der Waals surface area contributed by atoms with E-state index in [1.807, 2.05) is 44.7 Å². The molecule has 0 saturated heterocycles. The van der Waals surface area contributed by atoms with E-state index in [0.29, 0.717) is 11.4 Å². The number of hydrogen-bond donors (Lipinski definition) is 0. The van der Waals surface area contributed by atoms with Gasteiger partial charge < -0.3 is 15.0 Å². The highest BCUT2D eigenvalue weighted by atomic mass is 16.6. The minimum absolute atomic E-state index is 0.00615. The van der Waals surface area contributed by atoms with Crippen molar-refractivity contribution in [2.24, 2.45) is 0 Å². The summed E-state index contributed by atoms with van der Waals surface area (Å²) in [5.41, 5.74) is 1.48. The molecule has 1 aromatic carbocycles. The van der Waals surface area contributed by atoms with Crippen LogP contribution < -0.4 is 0 Å². The van der Waals surface area contributed by atoms with Crippen LogP contribution in [0.4, 0.5) is 5.82 Å². The van der Waals surface area contributed by atoms with E-state index >= 15 is 0 Å². The zero-order valence-corrected chi connectivity index (χ0v) is 16.0. The fourth-order valence-electron chi connectivity index (χ4n) is 2.93. The molecular formula is C20H24N4O3. The summed E-state index contributed by atoms with van der Waals surface area (Å²) in [6.07, 6.45) is 5.98. The zero-order valence-electron chi connectivity index (χ0n) is 16.0. The molecule has 0 saturated carbocycles. The third-order valence-electron chi connectivity index (χ3n) is 4.11. The number of imidazole rings is 1. The fraction of sp³-hybridized carbons (Fsp3) is 0.300. The lowest BCUT2D eigenvalue weighted by Crippen LogP contribution is -2.42. The molecule has 2 rings (SSSR count). The molecule has 27 heavy (non-hydrogen) atoms. The summed E-state index contributed by atoms with van der Waals surface area (Å²) >= 11 is 0. The Morgan fingerprint density at radius 2 is 1.78 bits per heavy atom. The van der Waals surface area contributed by atoms with Gasteiger partial charge in [0.25, 0.3) is 5.91 Å². The molecule has 0 bridgehead atoms. The van der Waals surface area contributed by atoms with Gasteiger partial charge in [-0.05, 0) is 56.4 Å². The summed E-state index contributed by atoms with van der Waals surface area (Å²) in [6.45, 7) is 11.6. The van der Waals surface area contributed by atoms with Gasteiger partial charge in [0.1, 0.15) is 6.20 Å². The summed E-state index contributed by atoms with van der Waals surface area (Å²) in [5, 5.41) is 11.0. The van der Waals surface area contributed by atoms with Gasteiger partial charge in [0, 0.05) is 23.7 Å². The lowest BCUT2D eigenvalue weighted by molar-refractivity contribution is -0.390. The van der Waals surface area contributed by atoms with Gasteiger partial charge in [-0.25, -0.2) is 4.98 Å². The Labute approximate surface area is 158 Å². The largest absolute Gasteiger partial charge is 0.358 e. The van der Waals surface area contributed by atoms with Crippen LogP contribution in [0.15, 0.2) is 37.0 Å². The number of aromatic nitrogens is 2. The van der Waals surface area contributed by atoms with E-state index in [1.165, 1.54) is 17.0 Å². The standard InChI is InChI=1S/C20H24N4O3/c1-6-22-18(21-13-19(22)24(26)27)12-9-16-7-10-17(11-8-16)20(25)23(14(2)3)15(4)5/h6-15H,1H2,2-5H3/b12-9+. The van der Waals surface area contributed by atoms with Crippen LogP contribution in [-0.2, 0) is 0 Å². The van der Waals surface area contributed by atoms with Crippen molar-refractivity contribution in [1.82, 2.24) is 14.5 Å². The predicted octanol–water partition coefficient (Wildman–Crippen LogP) is 4.32. The fourth-order valence-corrected chi connectivity index (χ4v) is 2.93. The maximum atomic E-state index is 12.7. The van der Waals surface area contributed by atoms with Crippen LogP contribution in [0.2, 0.25) is 0 Å². The van der Waals surface area contributed by atoms with Gasteiger partial charge >= 0.3 is 5.82 Å². The SMILES string of the molecule is C=Cn1c([N+](=O)[O-])cnc1/C=C/c1ccc(C(=O)N(C(C)C)C(C)C)cc1. The van der Waals surface area contributed by atoms with Gasteiger partial charge in [-0.2, -0.15) is 4.57 Å². The number of rotatable bonds is 7. The van der Waals surface area contributed by atoms with Crippen LogP contribution in [0.25, 0.3) is 18.4 Å². The first-order valence-corrected chi connectivity index (χ1v) is 8.71. The number of benzene rings is 1. The Balaban J connectivity index is 2.21. The molecule has 7 nitrogen and oxygen atoms in total. The average molecular weight is 368 g/mol. The van der Waals surface area contributed by atoms with E-state index in [1.54, 1.807) is 24.3 Å². The van der Waals surface area contributed by atoms with Crippen molar-refractivity contribution in [3.63, 3.8) is 0 Å². The van der Waals surface area contributed by atoms with E-state index < -0.39 is 4.92 Å². The normalized spacial score (nSPS) is 11.3. The molecule has 2 aromatic rings. The molecule has 0 radical (unpaired) electrons. The third-order valence-corrected chi connectivity index (χ3v) is 4.11. The maximum absolute atomic E-state index is 12.7. The number of nitrogens with zero attached hydrogens (tertiary/aromatic N) is 4. The number of amides is 1. The van der Waals surface area contributed by atoms with Gasteiger partial charge in [0.05, 0.1) is 6.20 Å². The van der Waals surface area contributed by atoms with Crippen LogP contribution >= 0.6 is 0 Å². The van der Waals surface area contributed by atoms with Gasteiger partial charge in [0.15, 0.2) is 0 Å². The number of carbonyl (C=O) groups is 1. The molecule has 1 aromatic heterocycles. The van der Waals surface area contributed by atoms with Crippen molar-refractivity contribution in [3.8, 4) is 0 Å². The molecule has 0 aliphatic heterocycles. The highest BCUT2D eigenvalue weighted by Gasteiger charge is 2.21. The Hall–Kier alpha value is -3.22. The first kappa shape index (κ1) is 20.1. The van der Waals surface area contributed by atoms with Crippen molar-refractivity contribution in [2.75, 3.05) is 0 Å². The highest BCUT2D eigenvalue weighted by molar-refractivity contribution is 5.94. The summed E-state index contributed by atoms with van der Waals surface area (Å²) in [7, 11) is 0. The topological polar surface area (TPSA) is 81.3 Å².